The molecule has 7 nitrogen and oxygen atoms in total. The molecule has 4 aromatic rings. The van der Waals surface area contributed by atoms with Gasteiger partial charge in [0, 0.05) is 5.56 Å². The second kappa shape index (κ2) is 6.16. The Morgan fingerprint density at radius 3 is 2.60 bits per heavy atom. The number of hydrogen-bond donors (Lipinski definition) is 2. The first-order valence-corrected chi connectivity index (χ1v) is 7.58. The van der Waals surface area contributed by atoms with Crippen LogP contribution in [0.4, 0.5) is 10.2 Å². The Morgan fingerprint density at radius 2 is 1.88 bits per heavy atom. The van der Waals surface area contributed by atoms with Gasteiger partial charge in [-0.3, -0.25) is 9.89 Å². The van der Waals surface area contributed by atoms with Crippen LogP contribution in [0.5, 0.6) is 0 Å². The number of nitrogens with zero attached hydrogens (tertiary/aromatic N) is 4. The fourth-order valence-corrected chi connectivity index (χ4v) is 2.54. The molecule has 0 radical (unpaired) electrons. The highest BCUT2D eigenvalue weighted by atomic mass is 19.1. The van der Waals surface area contributed by atoms with E-state index >= 15 is 0 Å². The summed E-state index contributed by atoms with van der Waals surface area (Å²) in [5.74, 6) is -0.280. The van der Waals surface area contributed by atoms with E-state index in [2.05, 4.69) is 25.7 Å². The number of carbonyl (C=O) groups excluding carboxylic acids is 1. The Morgan fingerprint density at radius 1 is 1.12 bits per heavy atom. The molecule has 0 saturated heterocycles. The minimum absolute atomic E-state index is 0.0453. The zero-order chi connectivity index (χ0) is 17.2. The van der Waals surface area contributed by atoms with Crippen molar-refractivity contribution in [2.24, 2.45) is 0 Å². The summed E-state index contributed by atoms with van der Waals surface area (Å²) in [4.78, 5) is 13.6. The lowest BCUT2D eigenvalue weighted by Crippen LogP contribution is -2.20. The summed E-state index contributed by atoms with van der Waals surface area (Å²) in [5.41, 5.74) is 2.66. The van der Waals surface area contributed by atoms with Gasteiger partial charge in [-0.05, 0) is 29.8 Å². The maximum Gasteiger partial charge on any atom is 0.249 e. The summed E-state index contributed by atoms with van der Waals surface area (Å²) < 4.78 is 13.4. The van der Waals surface area contributed by atoms with Gasteiger partial charge in [-0.2, -0.15) is 20.1 Å². The van der Waals surface area contributed by atoms with Crippen LogP contribution in [-0.2, 0) is 11.3 Å². The number of H-pyrrole nitrogens is 1. The maximum absolute atomic E-state index is 13.4. The molecule has 0 atom stereocenters. The molecule has 0 spiro atoms. The third-order valence-corrected chi connectivity index (χ3v) is 3.65. The van der Waals surface area contributed by atoms with E-state index in [1.165, 1.54) is 23.1 Å². The smallest absolute Gasteiger partial charge is 0.249 e. The minimum Gasteiger partial charge on any atom is -0.309 e. The van der Waals surface area contributed by atoms with Crippen molar-refractivity contribution < 1.29 is 9.18 Å². The van der Waals surface area contributed by atoms with Gasteiger partial charge < -0.3 is 5.32 Å². The van der Waals surface area contributed by atoms with E-state index < -0.39 is 0 Å². The van der Waals surface area contributed by atoms with Gasteiger partial charge in [-0.15, -0.1) is 0 Å². The third kappa shape index (κ3) is 3.09. The molecular formula is C17H13FN6O. The molecule has 0 saturated carbocycles. The highest BCUT2D eigenvalue weighted by molar-refractivity contribution is 5.93. The van der Waals surface area contributed by atoms with Crippen LogP contribution in [0.1, 0.15) is 0 Å². The zero-order valence-corrected chi connectivity index (χ0v) is 13.0. The number of amides is 1. The zero-order valence-electron chi connectivity index (χ0n) is 13.0. The van der Waals surface area contributed by atoms with Crippen LogP contribution in [0.3, 0.4) is 0 Å². The molecule has 124 valence electrons. The van der Waals surface area contributed by atoms with Crippen LogP contribution in [0.15, 0.2) is 54.7 Å². The molecule has 2 aromatic heterocycles. The number of benzene rings is 2. The van der Waals surface area contributed by atoms with Crippen molar-refractivity contribution in [3.8, 4) is 11.1 Å². The monoisotopic (exact) mass is 336 g/mol. The summed E-state index contributed by atoms with van der Waals surface area (Å²) in [6.45, 7) is -0.0453. The lowest BCUT2D eigenvalue weighted by molar-refractivity contribution is -0.117. The van der Waals surface area contributed by atoms with E-state index in [-0.39, 0.29) is 18.3 Å². The van der Waals surface area contributed by atoms with Gasteiger partial charge >= 0.3 is 0 Å². The van der Waals surface area contributed by atoms with Crippen LogP contribution in [0.25, 0.3) is 22.2 Å². The fraction of sp³-hybridized carbons (Fsp3) is 0.0588. The number of halogens is 1. The molecule has 0 aliphatic heterocycles. The quantitative estimate of drug-likeness (QED) is 0.599. The highest BCUT2D eigenvalue weighted by Gasteiger charge is 2.13. The first-order valence-electron chi connectivity index (χ1n) is 7.58. The summed E-state index contributed by atoms with van der Waals surface area (Å²) in [5, 5.41) is 17.8. The van der Waals surface area contributed by atoms with E-state index in [1.54, 1.807) is 12.1 Å². The highest BCUT2D eigenvalue weighted by Crippen LogP contribution is 2.26. The van der Waals surface area contributed by atoms with Crippen molar-refractivity contribution in [3.05, 3.63) is 60.5 Å². The summed E-state index contributed by atoms with van der Waals surface area (Å²) in [7, 11) is 0. The number of rotatable bonds is 4. The molecule has 0 fully saturated rings. The van der Waals surface area contributed by atoms with Gasteiger partial charge in [0.2, 0.25) is 5.91 Å². The number of anilines is 1. The van der Waals surface area contributed by atoms with Crippen LogP contribution < -0.4 is 5.32 Å². The van der Waals surface area contributed by atoms with E-state index in [0.717, 1.165) is 11.0 Å². The Hall–Kier alpha value is -3.55. The molecule has 25 heavy (non-hydrogen) atoms. The van der Waals surface area contributed by atoms with Gasteiger partial charge in [0.1, 0.15) is 29.2 Å². The maximum atomic E-state index is 13.4. The third-order valence-electron chi connectivity index (χ3n) is 3.65. The van der Waals surface area contributed by atoms with E-state index in [4.69, 9.17) is 0 Å². The Labute approximate surface area is 141 Å². The van der Waals surface area contributed by atoms with Crippen molar-refractivity contribution in [3.63, 3.8) is 0 Å². The molecule has 0 bridgehead atoms. The minimum atomic E-state index is -0.358. The van der Waals surface area contributed by atoms with E-state index in [1.807, 2.05) is 24.3 Å². The normalized spacial score (nSPS) is 10.9. The number of aromatic amines is 1. The fourth-order valence-electron chi connectivity index (χ4n) is 2.54. The standard InChI is InChI=1S/C17H13FN6O/c18-12-5-3-4-11(8-12)13-9-19-21-17(13)20-16(25)10-24-22-14-6-1-2-7-15(14)23-24/h1-9H,10H2,(H2,19,20,21,25). The number of nitrogens with one attached hydrogen (secondary N) is 2. The Balaban J connectivity index is 1.52. The molecule has 8 heteroatoms. The predicted molar refractivity (Wildman–Crippen MR) is 90.1 cm³/mol. The van der Waals surface area contributed by atoms with Gasteiger partial charge in [0.25, 0.3) is 0 Å². The topological polar surface area (TPSA) is 88.5 Å². The summed E-state index contributed by atoms with van der Waals surface area (Å²) >= 11 is 0. The number of hydrogen-bond acceptors (Lipinski definition) is 4. The summed E-state index contributed by atoms with van der Waals surface area (Å²) in [6.07, 6.45) is 1.53. The Kier molecular flexibility index (Phi) is 3.70. The van der Waals surface area contributed by atoms with Gasteiger partial charge in [-0.1, -0.05) is 24.3 Å². The molecule has 1 amide bonds. The van der Waals surface area contributed by atoms with Crippen LogP contribution in [-0.4, -0.2) is 31.1 Å². The number of fused-ring (bicyclic) bond motifs is 1. The average Bonchev–Trinajstić information content (AvgIpc) is 3.20. The van der Waals surface area contributed by atoms with Crippen molar-refractivity contribution in [1.29, 1.82) is 0 Å². The second-order valence-corrected chi connectivity index (χ2v) is 5.44. The average molecular weight is 336 g/mol. The van der Waals surface area contributed by atoms with Crippen molar-refractivity contribution in [1.82, 2.24) is 25.2 Å². The number of aromatic nitrogens is 5. The lowest BCUT2D eigenvalue weighted by Gasteiger charge is -2.06. The molecule has 2 aromatic carbocycles. The molecular weight excluding hydrogens is 323 g/mol. The molecule has 4 rings (SSSR count). The molecule has 2 heterocycles. The number of carbonyl (C=O) groups is 1. The van der Waals surface area contributed by atoms with E-state index in [0.29, 0.717) is 16.9 Å². The Bertz CT molecular complexity index is 1020. The lowest BCUT2D eigenvalue weighted by atomic mass is 10.1. The van der Waals surface area contributed by atoms with Crippen molar-refractivity contribution in [2.75, 3.05) is 5.32 Å². The molecule has 2 N–H and O–H groups in total. The van der Waals surface area contributed by atoms with Crippen LogP contribution >= 0.6 is 0 Å². The summed E-state index contributed by atoms with van der Waals surface area (Å²) in [6, 6.07) is 13.4. The first kappa shape index (κ1) is 15.0. The van der Waals surface area contributed by atoms with Gasteiger partial charge in [0.15, 0.2) is 0 Å². The SMILES string of the molecule is O=C(Cn1nc2ccccc2n1)Nc1[nH]ncc1-c1cccc(F)c1. The predicted octanol–water partition coefficient (Wildman–Crippen LogP) is 2.60. The van der Waals surface area contributed by atoms with Crippen LogP contribution in [0, 0.1) is 5.82 Å². The second-order valence-electron chi connectivity index (χ2n) is 5.44. The van der Waals surface area contributed by atoms with Gasteiger partial charge in [-0.25, -0.2) is 4.39 Å². The van der Waals surface area contributed by atoms with Crippen molar-refractivity contribution >= 4 is 22.8 Å². The van der Waals surface area contributed by atoms with Crippen LogP contribution in [0.2, 0.25) is 0 Å². The van der Waals surface area contributed by atoms with Crippen molar-refractivity contribution in [2.45, 2.75) is 6.54 Å². The molecule has 0 unspecified atom stereocenters. The molecule has 0 aliphatic rings. The largest absolute Gasteiger partial charge is 0.309 e. The first-order chi connectivity index (χ1) is 12.2. The van der Waals surface area contributed by atoms with Gasteiger partial charge in [0.05, 0.1) is 6.20 Å². The van der Waals surface area contributed by atoms with E-state index in [9.17, 15) is 9.18 Å². The molecule has 0 aliphatic carbocycles.